The van der Waals surface area contributed by atoms with E-state index in [1.54, 1.807) is 19.2 Å². The molecular weight excluding hydrogens is 310 g/mol. The van der Waals surface area contributed by atoms with Crippen molar-refractivity contribution in [1.82, 2.24) is 4.31 Å². The molecule has 1 unspecified atom stereocenters. The normalized spacial score (nSPS) is 19.9. The zero-order valence-corrected chi connectivity index (χ0v) is 14.1. The molecule has 6 heteroatoms. The van der Waals surface area contributed by atoms with Gasteiger partial charge in [0, 0.05) is 26.1 Å². The summed E-state index contributed by atoms with van der Waals surface area (Å²) in [6.45, 7) is 3.72. The Bertz CT molecular complexity index is 583. The number of benzene rings is 1. The van der Waals surface area contributed by atoms with Gasteiger partial charge < -0.3 is 4.74 Å². The minimum absolute atomic E-state index is 0.273. The van der Waals surface area contributed by atoms with E-state index in [1.807, 2.05) is 13.0 Å². The Kier molecular flexibility index (Phi) is 5.66. The van der Waals surface area contributed by atoms with Crippen LogP contribution >= 0.6 is 11.6 Å². The Morgan fingerprint density at radius 1 is 1.43 bits per heavy atom. The molecule has 1 aliphatic heterocycles. The molecule has 0 spiro atoms. The average Bonchev–Trinajstić information content (AvgIpc) is 2.48. The molecule has 0 bridgehead atoms. The topological polar surface area (TPSA) is 46.6 Å². The van der Waals surface area contributed by atoms with Gasteiger partial charge in [0.1, 0.15) is 0 Å². The first-order valence-electron chi connectivity index (χ1n) is 7.15. The Labute approximate surface area is 132 Å². The first-order valence-corrected chi connectivity index (χ1v) is 9.12. The van der Waals surface area contributed by atoms with Gasteiger partial charge in [-0.3, -0.25) is 0 Å². The summed E-state index contributed by atoms with van der Waals surface area (Å²) in [4.78, 5) is 0.347. The van der Waals surface area contributed by atoms with Gasteiger partial charge in [0.2, 0.25) is 10.0 Å². The van der Waals surface area contributed by atoms with Crippen LogP contribution in [0.25, 0.3) is 0 Å². The zero-order valence-electron chi connectivity index (χ0n) is 12.5. The van der Waals surface area contributed by atoms with Crippen LogP contribution in [-0.2, 0) is 20.6 Å². The lowest BCUT2D eigenvalue weighted by Crippen LogP contribution is -2.35. The lowest BCUT2D eigenvalue weighted by molar-refractivity contribution is 0.0495. The van der Waals surface area contributed by atoms with Crippen LogP contribution in [-0.4, -0.2) is 39.5 Å². The van der Waals surface area contributed by atoms with Gasteiger partial charge in [-0.1, -0.05) is 12.1 Å². The van der Waals surface area contributed by atoms with Gasteiger partial charge in [0.15, 0.2) is 0 Å². The third-order valence-corrected chi connectivity index (χ3v) is 6.25. The van der Waals surface area contributed by atoms with Crippen molar-refractivity contribution in [3.8, 4) is 0 Å². The summed E-state index contributed by atoms with van der Waals surface area (Å²) in [5.41, 5.74) is 1.59. The summed E-state index contributed by atoms with van der Waals surface area (Å²) in [5.74, 6) is 0.588. The first-order chi connectivity index (χ1) is 9.96. The molecule has 0 aliphatic carbocycles. The third-order valence-electron chi connectivity index (χ3n) is 4.00. The Morgan fingerprint density at radius 3 is 2.81 bits per heavy atom. The molecule has 2 rings (SSSR count). The van der Waals surface area contributed by atoms with Gasteiger partial charge in [-0.15, -0.1) is 11.6 Å². The van der Waals surface area contributed by atoms with Crippen molar-refractivity contribution in [2.45, 2.75) is 30.5 Å². The molecule has 0 aromatic heterocycles. The molecule has 118 valence electrons. The fourth-order valence-electron chi connectivity index (χ4n) is 2.67. The Hall–Kier alpha value is -0.620. The van der Waals surface area contributed by atoms with Gasteiger partial charge in [0.05, 0.1) is 11.5 Å². The van der Waals surface area contributed by atoms with E-state index in [0.29, 0.717) is 23.9 Å². The largest absolute Gasteiger partial charge is 0.381 e. The first kappa shape index (κ1) is 16.7. The van der Waals surface area contributed by atoms with Gasteiger partial charge in [0.25, 0.3) is 0 Å². The highest BCUT2D eigenvalue weighted by Crippen LogP contribution is 2.24. The van der Waals surface area contributed by atoms with Crippen LogP contribution in [0.15, 0.2) is 23.1 Å². The van der Waals surface area contributed by atoms with E-state index in [0.717, 1.165) is 30.6 Å². The van der Waals surface area contributed by atoms with Crippen LogP contribution in [0.5, 0.6) is 0 Å². The number of alkyl halides is 1. The number of nitrogens with zero attached hydrogens (tertiary/aromatic N) is 1. The number of sulfonamides is 1. The van der Waals surface area contributed by atoms with Gasteiger partial charge in [-0.05, 0) is 42.9 Å². The van der Waals surface area contributed by atoms with Crippen molar-refractivity contribution in [2.24, 2.45) is 5.92 Å². The highest BCUT2D eigenvalue weighted by atomic mass is 35.5. The van der Waals surface area contributed by atoms with Crippen molar-refractivity contribution >= 4 is 21.6 Å². The van der Waals surface area contributed by atoms with Crippen molar-refractivity contribution < 1.29 is 13.2 Å². The number of rotatable bonds is 5. The summed E-state index contributed by atoms with van der Waals surface area (Å²) in [5, 5.41) is 0. The van der Waals surface area contributed by atoms with E-state index in [2.05, 4.69) is 0 Å². The molecule has 1 fully saturated rings. The molecule has 0 radical (unpaired) electrons. The molecule has 0 N–H and O–H groups in total. The maximum absolute atomic E-state index is 12.7. The van der Waals surface area contributed by atoms with Crippen molar-refractivity contribution in [2.75, 3.05) is 26.8 Å². The molecule has 1 aliphatic rings. The summed E-state index contributed by atoms with van der Waals surface area (Å²) in [7, 11) is -1.85. The standard InChI is InChI=1S/C15H22ClNO3S/c1-12-14(9-16)6-3-7-15(12)21(18,19)17(2)10-13-5-4-8-20-11-13/h3,6-7,13H,4-5,8-11H2,1-2H3. The number of halogens is 1. The van der Waals surface area contributed by atoms with Gasteiger partial charge in [-0.25, -0.2) is 12.7 Å². The number of hydrogen-bond donors (Lipinski definition) is 0. The zero-order chi connectivity index (χ0) is 15.5. The van der Waals surface area contributed by atoms with E-state index in [-0.39, 0.29) is 5.92 Å². The van der Waals surface area contributed by atoms with Crippen LogP contribution in [0.3, 0.4) is 0 Å². The second-order valence-electron chi connectivity index (χ2n) is 5.54. The van der Waals surface area contributed by atoms with Crippen molar-refractivity contribution in [3.05, 3.63) is 29.3 Å². The summed E-state index contributed by atoms with van der Waals surface area (Å²) < 4.78 is 32.3. The van der Waals surface area contributed by atoms with Gasteiger partial charge in [-0.2, -0.15) is 0 Å². The third kappa shape index (κ3) is 3.77. The molecule has 1 atom stereocenters. The molecule has 1 aromatic rings. The number of ether oxygens (including phenoxy) is 1. The lowest BCUT2D eigenvalue weighted by Gasteiger charge is -2.27. The molecule has 1 aromatic carbocycles. The van der Waals surface area contributed by atoms with E-state index in [1.165, 1.54) is 4.31 Å². The van der Waals surface area contributed by atoms with E-state index in [4.69, 9.17) is 16.3 Å². The molecule has 21 heavy (non-hydrogen) atoms. The molecule has 0 saturated carbocycles. The fraction of sp³-hybridized carbons (Fsp3) is 0.600. The quantitative estimate of drug-likeness (QED) is 0.779. The number of hydrogen-bond acceptors (Lipinski definition) is 3. The van der Waals surface area contributed by atoms with Crippen LogP contribution in [0.1, 0.15) is 24.0 Å². The SMILES string of the molecule is Cc1c(CCl)cccc1S(=O)(=O)N(C)CC1CCCOC1. The smallest absolute Gasteiger partial charge is 0.243 e. The molecule has 1 saturated heterocycles. The van der Waals surface area contributed by atoms with Crippen molar-refractivity contribution in [3.63, 3.8) is 0 Å². The summed E-state index contributed by atoms with van der Waals surface area (Å²) in [6.07, 6.45) is 2.01. The van der Waals surface area contributed by atoms with Crippen LogP contribution < -0.4 is 0 Å². The summed E-state index contributed by atoms with van der Waals surface area (Å²) in [6, 6.07) is 5.25. The second-order valence-corrected chi connectivity index (χ2v) is 7.82. The molecular formula is C15H22ClNO3S. The highest BCUT2D eigenvalue weighted by Gasteiger charge is 2.26. The van der Waals surface area contributed by atoms with E-state index < -0.39 is 10.0 Å². The van der Waals surface area contributed by atoms with Crippen molar-refractivity contribution in [1.29, 1.82) is 0 Å². The van der Waals surface area contributed by atoms with E-state index >= 15 is 0 Å². The monoisotopic (exact) mass is 331 g/mol. The minimum atomic E-state index is -3.48. The van der Waals surface area contributed by atoms with Gasteiger partial charge >= 0.3 is 0 Å². The van der Waals surface area contributed by atoms with Crippen LogP contribution in [0.2, 0.25) is 0 Å². The maximum Gasteiger partial charge on any atom is 0.243 e. The predicted octanol–water partition coefficient (Wildman–Crippen LogP) is 2.78. The lowest BCUT2D eigenvalue weighted by atomic mass is 10.0. The second kappa shape index (κ2) is 7.09. The fourth-order valence-corrected chi connectivity index (χ4v) is 4.47. The average molecular weight is 332 g/mol. The predicted molar refractivity (Wildman–Crippen MR) is 84.1 cm³/mol. The van der Waals surface area contributed by atoms with Crippen LogP contribution in [0.4, 0.5) is 0 Å². The molecule has 4 nitrogen and oxygen atoms in total. The minimum Gasteiger partial charge on any atom is -0.381 e. The van der Waals surface area contributed by atoms with E-state index in [9.17, 15) is 8.42 Å². The molecule has 0 amide bonds. The maximum atomic E-state index is 12.7. The Morgan fingerprint density at radius 2 is 2.19 bits per heavy atom. The van der Waals surface area contributed by atoms with Crippen LogP contribution in [0, 0.1) is 12.8 Å². The highest BCUT2D eigenvalue weighted by molar-refractivity contribution is 7.89. The summed E-state index contributed by atoms with van der Waals surface area (Å²) >= 11 is 5.86. The molecule has 1 heterocycles. The Balaban J connectivity index is 2.20.